The minimum absolute atomic E-state index is 0.0531. The van der Waals surface area contributed by atoms with Crippen LogP contribution in [-0.4, -0.2) is 34.3 Å². The van der Waals surface area contributed by atoms with Gasteiger partial charge in [0.2, 0.25) is 11.8 Å². The van der Waals surface area contributed by atoms with Gasteiger partial charge in [-0.3, -0.25) is 9.59 Å². The predicted molar refractivity (Wildman–Crippen MR) is 64.6 cm³/mol. The summed E-state index contributed by atoms with van der Waals surface area (Å²) in [5.41, 5.74) is 0.992. The standard InChI is InChI=1S/C11H15N3O2S/c1-6-8(3)17-9(13-6)5-14-7(2)11(16)12-4-10(14)15/h7H,4-5H2,1-3H3,(H,12,16). The highest BCUT2D eigenvalue weighted by molar-refractivity contribution is 7.11. The highest BCUT2D eigenvalue weighted by atomic mass is 32.1. The lowest BCUT2D eigenvalue weighted by Gasteiger charge is -2.31. The van der Waals surface area contributed by atoms with Gasteiger partial charge in [-0.25, -0.2) is 4.98 Å². The van der Waals surface area contributed by atoms with Gasteiger partial charge in [0.15, 0.2) is 0 Å². The molecule has 0 aliphatic carbocycles. The van der Waals surface area contributed by atoms with Crippen LogP contribution in [0.15, 0.2) is 0 Å². The van der Waals surface area contributed by atoms with Crippen LogP contribution in [0.3, 0.4) is 0 Å². The molecule has 1 fully saturated rings. The van der Waals surface area contributed by atoms with Crippen molar-refractivity contribution in [3.63, 3.8) is 0 Å². The number of thiazole rings is 1. The summed E-state index contributed by atoms with van der Waals surface area (Å²) < 4.78 is 0. The molecule has 92 valence electrons. The maximum absolute atomic E-state index is 11.7. The van der Waals surface area contributed by atoms with Gasteiger partial charge < -0.3 is 10.2 Å². The van der Waals surface area contributed by atoms with Crippen LogP contribution in [0.1, 0.15) is 22.5 Å². The number of aromatic nitrogens is 1. The normalized spacial score (nSPS) is 20.6. The highest BCUT2D eigenvalue weighted by Gasteiger charge is 2.31. The molecule has 6 heteroatoms. The molecular formula is C11H15N3O2S. The summed E-state index contributed by atoms with van der Waals surface area (Å²) in [5.74, 6) is -0.155. The summed E-state index contributed by atoms with van der Waals surface area (Å²) in [6, 6.07) is -0.416. The number of hydrogen-bond acceptors (Lipinski definition) is 4. The Bertz CT molecular complexity index is 450. The lowest BCUT2D eigenvalue weighted by molar-refractivity contribution is -0.145. The van der Waals surface area contributed by atoms with E-state index in [2.05, 4.69) is 10.3 Å². The molecule has 0 radical (unpaired) electrons. The third-order valence-electron chi connectivity index (χ3n) is 2.96. The van der Waals surface area contributed by atoms with E-state index in [1.807, 2.05) is 13.8 Å². The lowest BCUT2D eigenvalue weighted by Crippen LogP contribution is -2.56. The van der Waals surface area contributed by atoms with Crippen LogP contribution in [0.2, 0.25) is 0 Å². The highest BCUT2D eigenvalue weighted by Crippen LogP contribution is 2.19. The molecule has 5 nitrogen and oxygen atoms in total. The zero-order valence-electron chi connectivity index (χ0n) is 10.1. The molecule has 0 bridgehead atoms. The molecule has 2 rings (SSSR count). The van der Waals surface area contributed by atoms with Crippen LogP contribution in [0.5, 0.6) is 0 Å². The van der Waals surface area contributed by atoms with E-state index in [0.717, 1.165) is 15.6 Å². The van der Waals surface area contributed by atoms with Crippen molar-refractivity contribution < 1.29 is 9.59 Å². The SMILES string of the molecule is Cc1nc(CN2C(=O)CNC(=O)C2C)sc1C. The maximum Gasteiger partial charge on any atom is 0.243 e. The van der Waals surface area contributed by atoms with Crippen LogP contribution in [-0.2, 0) is 16.1 Å². The molecular weight excluding hydrogens is 238 g/mol. The van der Waals surface area contributed by atoms with Gasteiger partial charge in [-0.1, -0.05) is 0 Å². The summed E-state index contributed by atoms with van der Waals surface area (Å²) >= 11 is 1.58. The second-order valence-corrected chi connectivity index (χ2v) is 5.45. The number of rotatable bonds is 2. The van der Waals surface area contributed by atoms with Gasteiger partial charge in [-0.05, 0) is 20.8 Å². The van der Waals surface area contributed by atoms with Crippen molar-refractivity contribution in [2.24, 2.45) is 0 Å². The minimum atomic E-state index is -0.416. The van der Waals surface area contributed by atoms with Crippen molar-refractivity contribution >= 4 is 23.2 Å². The Hall–Kier alpha value is -1.43. The van der Waals surface area contributed by atoms with Crippen molar-refractivity contribution in [1.82, 2.24) is 15.2 Å². The van der Waals surface area contributed by atoms with E-state index in [9.17, 15) is 9.59 Å². The molecule has 1 aliphatic heterocycles. The van der Waals surface area contributed by atoms with Gasteiger partial charge in [0, 0.05) is 4.88 Å². The van der Waals surface area contributed by atoms with Crippen molar-refractivity contribution in [2.75, 3.05) is 6.54 Å². The van der Waals surface area contributed by atoms with Crippen LogP contribution < -0.4 is 5.32 Å². The smallest absolute Gasteiger partial charge is 0.243 e. The average molecular weight is 253 g/mol. The molecule has 2 amide bonds. The first-order chi connectivity index (χ1) is 7.99. The minimum Gasteiger partial charge on any atom is -0.345 e. The Kier molecular flexibility index (Phi) is 3.15. The van der Waals surface area contributed by atoms with Crippen LogP contribution in [0.25, 0.3) is 0 Å². The average Bonchev–Trinajstić information content (AvgIpc) is 2.59. The second-order valence-electron chi connectivity index (χ2n) is 4.16. The van der Waals surface area contributed by atoms with E-state index in [4.69, 9.17) is 0 Å². The molecule has 2 heterocycles. The largest absolute Gasteiger partial charge is 0.345 e. The van der Waals surface area contributed by atoms with Crippen molar-refractivity contribution in [3.8, 4) is 0 Å². The number of hydrogen-bond donors (Lipinski definition) is 1. The third kappa shape index (κ3) is 2.31. The molecule has 1 aromatic rings. The molecule has 0 saturated carbocycles. The number of aryl methyl sites for hydroxylation is 2. The Morgan fingerprint density at radius 3 is 2.76 bits per heavy atom. The Morgan fingerprint density at radius 1 is 1.47 bits per heavy atom. The predicted octanol–water partition coefficient (Wildman–Crippen LogP) is 0.607. The van der Waals surface area contributed by atoms with E-state index < -0.39 is 6.04 Å². The van der Waals surface area contributed by atoms with Gasteiger partial charge >= 0.3 is 0 Å². The van der Waals surface area contributed by atoms with Gasteiger partial charge in [0.1, 0.15) is 11.0 Å². The summed E-state index contributed by atoms with van der Waals surface area (Å²) in [6.07, 6.45) is 0. The molecule has 1 N–H and O–H groups in total. The van der Waals surface area contributed by atoms with Gasteiger partial charge in [-0.15, -0.1) is 11.3 Å². The summed E-state index contributed by atoms with van der Waals surface area (Å²) in [4.78, 5) is 30.4. The topological polar surface area (TPSA) is 62.3 Å². The first-order valence-electron chi connectivity index (χ1n) is 5.49. The first kappa shape index (κ1) is 12.0. The number of piperazine rings is 1. The molecule has 0 aromatic carbocycles. The van der Waals surface area contributed by atoms with Gasteiger partial charge in [0.05, 0.1) is 18.8 Å². The third-order valence-corrected chi connectivity index (χ3v) is 4.02. The number of carbonyl (C=O) groups excluding carboxylic acids is 2. The lowest BCUT2D eigenvalue weighted by atomic mass is 10.2. The van der Waals surface area contributed by atoms with Crippen LogP contribution in [0, 0.1) is 13.8 Å². The second kappa shape index (κ2) is 4.44. The van der Waals surface area contributed by atoms with Crippen molar-refractivity contribution in [3.05, 3.63) is 15.6 Å². The Labute approximate surface area is 104 Å². The van der Waals surface area contributed by atoms with Crippen molar-refractivity contribution in [1.29, 1.82) is 0 Å². The number of amides is 2. The van der Waals surface area contributed by atoms with E-state index in [0.29, 0.717) is 6.54 Å². The van der Waals surface area contributed by atoms with Crippen LogP contribution >= 0.6 is 11.3 Å². The summed E-state index contributed by atoms with van der Waals surface area (Å²) in [7, 11) is 0. The number of nitrogens with zero attached hydrogens (tertiary/aromatic N) is 2. The fourth-order valence-corrected chi connectivity index (χ4v) is 2.68. The molecule has 1 aliphatic rings. The molecule has 1 aromatic heterocycles. The van der Waals surface area contributed by atoms with E-state index >= 15 is 0 Å². The van der Waals surface area contributed by atoms with E-state index in [1.54, 1.807) is 23.2 Å². The Balaban J connectivity index is 2.16. The molecule has 17 heavy (non-hydrogen) atoms. The van der Waals surface area contributed by atoms with Gasteiger partial charge in [-0.2, -0.15) is 0 Å². The van der Waals surface area contributed by atoms with E-state index in [-0.39, 0.29) is 18.4 Å². The van der Waals surface area contributed by atoms with E-state index in [1.165, 1.54) is 0 Å². The van der Waals surface area contributed by atoms with Crippen LogP contribution in [0.4, 0.5) is 0 Å². The molecule has 1 saturated heterocycles. The van der Waals surface area contributed by atoms with Crippen molar-refractivity contribution in [2.45, 2.75) is 33.4 Å². The fraction of sp³-hybridized carbons (Fsp3) is 0.545. The fourth-order valence-electron chi connectivity index (χ4n) is 1.75. The maximum atomic E-state index is 11.7. The number of carbonyl (C=O) groups is 2. The molecule has 1 unspecified atom stereocenters. The summed E-state index contributed by atoms with van der Waals surface area (Å²) in [5, 5.41) is 3.45. The monoisotopic (exact) mass is 253 g/mol. The zero-order valence-corrected chi connectivity index (χ0v) is 10.9. The quantitative estimate of drug-likeness (QED) is 0.840. The number of nitrogens with one attached hydrogen (secondary N) is 1. The van der Waals surface area contributed by atoms with Gasteiger partial charge in [0.25, 0.3) is 0 Å². The molecule has 0 spiro atoms. The Morgan fingerprint density at radius 2 is 2.18 bits per heavy atom. The zero-order chi connectivity index (χ0) is 12.6. The summed E-state index contributed by atoms with van der Waals surface area (Å²) in [6.45, 7) is 6.20. The first-order valence-corrected chi connectivity index (χ1v) is 6.30. The molecule has 1 atom stereocenters.